The van der Waals surface area contributed by atoms with Crippen molar-refractivity contribution in [3.8, 4) is 11.5 Å². The van der Waals surface area contributed by atoms with Gasteiger partial charge in [0.25, 0.3) is 5.91 Å². The number of ether oxygens (including phenoxy) is 2. The van der Waals surface area contributed by atoms with Crippen molar-refractivity contribution in [2.24, 2.45) is 0 Å². The molecule has 1 aliphatic rings. The van der Waals surface area contributed by atoms with E-state index in [0.717, 1.165) is 31.2 Å². The summed E-state index contributed by atoms with van der Waals surface area (Å²) < 4.78 is 25.5. The van der Waals surface area contributed by atoms with E-state index in [1.165, 1.54) is 36.3 Å². The highest BCUT2D eigenvalue weighted by Gasteiger charge is 2.33. The van der Waals surface area contributed by atoms with E-state index in [2.05, 4.69) is 5.32 Å². The maximum atomic E-state index is 14.7. The normalized spacial score (nSPS) is 13.8. The summed E-state index contributed by atoms with van der Waals surface area (Å²) in [5.74, 6) is -1.18. The maximum absolute atomic E-state index is 14.7. The molecule has 0 aromatic heterocycles. The van der Waals surface area contributed by atoms with Crippen LogP contribution in [0.15, 0.2) is 72.8 Å². The fourth-order valence-electron chi connectivity index (χ4n) is 4.86. The molecule has 0 aliphatic heterocycles. The Morgan fingerprint density at radius 2 is 1.77 bits per heavy atom. The molecule has 40 heavy (non-hydrogen) atoms. The van der Waals surface area contributed by atoms with E-state index < -0.39 is 29.3 Å². The van der Waals surface area contributed by atoms with Crippen LogP contribution in [0.5, 0.6) is 11.5 Å². The van der Waals surface area contributed by atoms with Crippen LogP contribution in [-0.2, 0) is 22.6 Å². The fourth-order valence-corrected chi connectivity index (χ4v) is 4.86. The first-order chi connectivity index (χ1) is 19.4. The Bertz CT molecular complexity index is 1330. The van der Waals surface area contributed by atoms with E-state index >= 15 is 0 Å². The minimum absolute atomic E-state index is 0.0175. The molecule has 0 saturated heterocycles. The molecule has 1 N–H and O–H groups in total. The summed E-state index contributed by atoms with van der Waals surface area (Å²) in [5, 5.41) is 14.3. The van der Waals surface area contributed by atoms with Crippen molar-refractivity contribution in [1.82, 2.24) is 10.2 Å². The van der Waals surface area contributed by atoms with Gasteiger partial charge in [-0.25, -0.2) is 4.39 Å². The average Bonchev–Trinajstić information content (AvgIpc) is 3.47. The van der Waals surface area contributed by atoms with Crippen LogP contribution in [0.1, 0.15) is 36.8 Å². The Labute approximate surface area is 232 Å². The van der Waals surface area contributed by atoms with Crippen LogP contribution in [0.4, 0.5) is 10.1 Å². The second-order valence-corrected chi connectivity index (χ2v) is 9.69. The number of carbonyl (C=O) groups excluding carboxylic acids is 2. The van der Waals surface area contributed by atoms with E-state index in [1.54, 1.807) is 18.2 Å². The van der Waals surface area contributed by atoms with Crippen LogP contribution >= 0.6 is 0 Å². The first-order valence-electron chi connectivity index (χ1n) is 13.2. The van der Waals surface area contributed by atoms with Gasteiger partial charge in [0.05, 0.1) is 12.0 Å². The third-order valence-corrected chi connectivity index (χ3v) is 6.98. The number of nitrogens with zero attached hydrogens (tertiary/aromatic N) is 2. The van der Waals surface area contributed by atoms with Gasteiger partial charge in [-0.15, -0.1) is 0 Å². The summed E-state index contributed by atoms with van der Waals surface area (Å²) in [6.07, 6.45) is 4.02. The van der Waals surface area contributed by atoms with Crippen molar-refractivity contribution >= 4 is 17.5 Å². The molecule has 1 fully saturated rings. The Kier molecular flexibility index (Phi) is 9.66. The number of hydrogen-bond donors (Lipinski definition) is 1. The lowest BCUT2D eigenvalue weighted by Crippen LogP contribution is -2.53. The van der Waals surface area contributed by atoms with Crippen molar-refractivity contribution in [2.75, 3.05) is 13.7 Å². The third-order valence-electron chi connectivity index (χ3n) is 6.98. The quantitative estimate of drug-likeness (QED) is 0.256. The number of nitro groups is 1. The maximum Gasteiger partial charge on any atom is 0.311 e. The average molecular weight is 550 g/mol. The number of rotatable bonds is 12. The molecule has 4 rings (SSSR count). The van der Waals surface area contributed by atoms with Crippen LogP contribution in [0.3, 0.4) is 0 Å². The van der Waals surface area contributed by atoms with Crippen LogP contribution < -0.4 is 14.8 Å². The molecule has 3 aromatic rings. The number of hydrogen-bond acceptors (Lipinski definition) is 6. The van der Waals surface area contributed by atoms with Gasteiger partial charge in [-0.05, 0) is 30.5 Å². The molecule has 1 atom stereocenters. The Balaban J connectivity index is 1.62. The number of nitro benzene ring substituents is 1. The van der Waals surface area contributed by atoms with Gasteiger partial charge in [0.2, 0.25) is 11.7 Å². The van der Waals surface area contributed by atoms with E-state index in [9.17, 15) is 24.1 Å². The highest BCUT2D eigenvalue weighted by Crippen LogP contribution is 2.31. The van der Waals surface area contributed by atoms with Gasteiger partial charge in [-0.1, -0.05) is 61.4 Å². The number of amides is 2. The van der Waals surface area contributed by atoms with E-state index in [4.69, 9.17) is 9.47 Å². The molecule has 2 amide bonds. The summed E-state index contributed by atoms with van der Waals surface area (Å²) in [5.41, 5.74) is 0.870. The lowest BCUT2D eigenvalue weighted by Gasteiger charge is -2.32. The van der Waals surface area contributed by atoms with Crippen LogP contribution in [0.2, 0.25) is 0 Å². The summed E-state index contributed by atoms with van der Waals surface area (Å²) in [4.78, 5) is 39.3. The second kappa shape index (κ2) is 13.5. The van der Waals surface area contributed by atoms with Crippen LogP contribution in [-0.4, -0.2) is 47.4 Å². The Hall–Kier alpha value is -4.47. The van der Waals surface area contributed by atoms with E-state index in [0.29, 0.717) is 0 Å². The van der Waals surface area contributed by atoms with Gasteiger partial charge in [0, 0.05) is 36.7 Å². The molecule has 0 heterocycles. The van der Waals surface area contributed by atoms with Gasteiger partial charge in [0.15, 0.2) is 6.61 Å². The lowest BCUT2D eigenvalue weighted by atomic mass is 10.0. The van der Waals surface area contributed by atoms with Crippen molar-refractivity contribution in [2.45, 2.75) is 50.7 Å². The molecule has 0 spiro atoms. The minimum atomic E-state index is -0.926. The summed E-state index contributed by atoms with van der Waals surface area (Å²) in [7, 11) is 1.30. The molecule has 1 aliphatic carbocycles. The number of benzene rings is 3. The van der Waals surface area contributed by atoms with Gasteiger partial charge < -0.3 is 19.7 Å². The van der Waals surface area contributed by atoms with E-state index in [-0.39, 0.29) is 47.7 Å². The molecular formula is C30H32FN3O6. The summed E-state index contributed by atoms with van der Waals surface area (Å²) in [6, 6.07) is 18.5. The SMILES string of the molecule is COc1cc(OCC(=O)N(Cc2ccccc2F)[C@H](Cc2ccccc2)C(=O)NC2CCCC2)ccc1[N+](=O)[O-]. The predicted octanol–water partition coefficient (Wildman–Crippen LogP) is 4.82. The van der Waals surface area contributed by atoms with Crippen molar-refractivity contribution in [3.63, 3.8) is 0 Å². The van der Waals surface area contributed by atoms with Crippen molar-refractivity contribution < 1.29 is 28.4 Å². The predicted molar refractivity (Wildman–Crippen MR) is 146 cm³/mol. The topological polar surface area (TPSA) is 111 Å². The molecule has 0 radical (unpaired) electrons. The van der Waals surface area contributed by atoms with Gasteiger partial charge in [-0.2, -0.15) is 0 Å². The zero-order valence-corrected chi connectivity index (χ0v) is 22.3. The van der Waals surface area contributed by atoms with Crippen molar-refractivity contribution in [1.29, 1.82) is 0 Å². The first kappa shape index (κ1) is 28.5. The van der Waals surface area contributed by atoms with E-state index in [1.807, 2.05) is 30.3 Å². The molecule has 9 nitrogen and oxygen atoms in total. The van der Waals surface area contributed by atoms with Crippen LogP contribution in [0, 0.1) is 15.9 Å². The van der Waals surface area contributed by atoms with Crippen LogP contribution in [0.25, 0.3) is 0 Å². The summed E-state index contributed by atoms with van der Waals surface area (Å²) >= 11 is 0. The smallest absolute Gasteiger partial charge is 0.311 e. The van der Waals surface area contributed by atoms with Gasteiger partial charge >= 0.3 is 5.69 Å². The minimum Gasteiger partial charge on any atom is -0.490 e. The monoisotopic (exact) mass is 549 g/mol. The number of nitrogens with one attached hydrogen (secondary N) is 1. The Morgan fingerprint density at radius 3 is 2.45 bits per heavy atom. The molecule has 0 bridgehead atoms. The molecule has 1 saturated carbocycles. The molecule has 0 unspecified atom stereocenters. The first-order valence-corrected chi connectivity index (χ1v) is 13.2. The number of halogens is 1. The second-order valence-electron chi connectivity index (χ2n) is 9.69. The standard InChI is InChI=1S/C30H32FN3O6/c1-39-28-18-24(15-16-26(28)34(37)38)40-20-29(35)33(19-22-11-5-8-14-25(22)31)27(17-21-9-3-2-4-10-21)30(36)32-23-12-6-7-13-23/h2-5,8-11,14-16,18,23,27H,6-7,12-13,17,19-20H2,1H3,(H,32,36)/t27-/m1/s1. The van der Waals surface area contributed by atoms with Gasteiger partial charge in [-0.3, -0.25) is 19.7 Å². The molecule has 3 aromatic carbocycles. The number of methoxy groups -OCH3 is 1. The lowest BCUT2D eigenvalue weighted by molar-refractivity contribution is -0.385. The zero-order valence-electron chi connectivity index (χ0n) is 22.3. The highest BCUT2D eigenvalue weighted by atomic mass is 19.1. The zero-order chi connectivity index (χ0) is 28.5. The third kappa shape index (κ3) is 7.34. The van der Waals surface area contributed by atoms with Gasteiger partial charge in [0.1, 0.15) is 17.6 Å². The Morgan fingerprint density at radius 1 is 1.07 bits per heavy atom. The molecule has 210 valence electrons. The fraction of sp³-hybridized carbons (Fsp3) is 0.333. The van der Waals surface area contributed by atoms with Crippen molar-refractivity contribution in [3.05, 3.63) is 99.9 Å². The number of carbonyl (C=O) groups is 2. The molecular weight excluding hydrogens is 517 g/mol. The largest absolute Gasteiger partial charge is 0.490 e. The summed E-state index contributed by atoms with van der Waals surface area (Å²) in [6.45, 7) is -0.620. The molecule has 10 heteroatoms. The highest BCUT2D eigenvalue weighted by molar-refractivity contribution is 5.88.